The first-order valence-electron chi connectivity index (χ1n) is 41.8. The van der Waals surface area contributed by atoms with Crippen LogP contribution in [0.25, 0.3) is 22.0 Å². The molecule has 8 aromatic carbocycles. The number of piperazine rings is 2. The zero-order chi connectivity index (χ0) is 85.7. The summed E-state index contributed by atoms with van der Waals surface area (Å²) < 4.78 is 75.8. The zero-order valence-electron chi connectivity index (χ0n) is 69.3. The molecule has 2 aliphatic carbocycles. The number of nitro groups is 2. The summed E-state index contributed by atoms with van der Waals surface area (Å²) in [6, 6.07) is 52.9. The third-order valence-electron chi connectivity index (χ3n) is 23.9. The molecule has 0 saturated carbocycles. The molecule has 4 aliphatic heterocycles. The summed E-state index contributed by atoms with van der Waals surface area (Å²) in [6.07, 6.45) is 10.7. The average Bonchev–Trinajstić information content (AvgIpc) is 1.23. The molecule has 0 radical (unpaired) electrons. The van der Waals surface area contributed by atoms with Crippen molar-refractivity contribution in [3.05, 3.63) is 252 Å². The molecule has 2 amide bonds. The highest BCUT2D eigenvalue weighted by Crippen LogP contribution is 2.46. The summed E-state index contributed by atoms with van der Waals surface area (Å²) in [7, 11) is -8.98. The lowest BCUT2D eigenvalue weighted by atomic mass is 9.72. The topological polar surface area (TPSA) is 296 Å². The smallest absolute Gasteiger partial charge is 0.293 e. The second-order valence-corrected chi connectivity index (χ2v) is 39.2. The summed E-state index contributed by atoms with van der Waals surface area (Å²) in [5, 5.41) is 33.2. The fraction of sp³-hybridized carbons (Fsp3) is 0.391. The normalized spacial score (nSPS) is 17.9. The van der Waals surface area contributed by atoms with Gasteiger partial charge in [-0.25, -0.2) is 26.3 Å². The largest absolute Gasteiger partial charge is 0.456 e. The van der Waals surface area contributed by atoms with Gasteiger partial charge in [0.1, 0.15) is 22.9 Å². The highest BCUT2D eigenvalue weighted by molar-refractivity contribution is 7.99. The number of aromatic nitrogens is 1. The number of sulfonamides is 2. The van der Waals surface area contributed by atoms with E-state index in [4.69, 9.17) is 37.4 Å². The maximum atomic E-state index is 13.9. The molecule has 4 saturated heterocycles. The van der Waals surface area contributed by atoms with Gasteiger partial charge in [-0.1, -0.05) is 105 Å². The Morgan fingerprint density at radius 2 is 1.11 bits per heavy atom. The predicted molar refractivity (Wildman–Crippen MR) is 485 cm³/mol. The summed E-state index contributed by atoms with van der Waals surface area (Å²) in [5.41, 5.74) is 11.3. The van der Waals surface area contributed by atoms with Crippen molar-refractivity contribution in [3.63, 3.8) is 0 Å². The number of amides is 2. The fourth-order valence-electron chi connectivity index (χ4n) is 16.9. The Labute approximate surface area is 728 Å². The number of ether oxygens (including phenoxy) is 3. The maximum Gasteiger partial charge on any atom is 0.293 e. The lowest BCUT2D eigenvalue weighted by Gasteiger charge is -2.39. The molecular weight excluding hydrogens is 1650 g/mol. The zero-order valence-corrected chi connectivity index (χ0v) is 73.2. The van der Waals surface area contributed by atoms with E-state index in [1.807, 2.05) is 91.1 Å². The van der Waals surface area contributed by atoms with Crippen LogP contribution in [0.4, 0.5) is 34.1 Å². The number of H-pyrrole nitrogens is 1. The van der Waals surface area contributed by atoms with Gasteiger partial charge in [0.05, 0.1) is 38.4 Å². The molecule has 1 atom stereocenters. The summed E-state index contributed by atoms with van der Waals surface area (Å²) in [4.78, 5) is 65.7. The van der Waals surface area contributed by atoms with Crippen LogP contribution < -0.4 is 34.6 Å². The lowest BCUT2D eigenvalue weighted by Crippen LogP contribution is -2.47. The van der Waals surface area contributed by atoms with Gasteiger partial charge in [0.2, 0.25) is 0 Å². The number of anilines is 4. The molecule has 5 N–H and O–H groups in total. The van der Waals surface area contributed by atoms with Gasteiger partial charge in [0.25, 0.3) is 43.2 Å². The minimum atomic E-state index is -4.54. The SMILES string of the molecule is CC1(C)CCC(c2ccc(Cl)cc2)=C(CN2CCN(c3ccc(C(=O)NS(=O)(=O)c4ccc(NCC5CCOCC5)c([N+](=O)[O-])c4)c(Oc4ccc5[nH]ccc5c4)c3)CC2)C1.CC1(C)CCC(c2ccc(Cl)cc2)=C(CN2CCN(c3ccc(C(=O)NS(=O)(=O)c4ccc(N[C@H](CCN5CCOCC5)CSc5ccccc5)c([N+](=O)[O-])c4)cc3)CC2)C1. The minimum absolute atomic E-state index is 0.00838. The van der Waals surface area contributed by atoms with E-state index in [1.54, 1.807) is 48.2 Å². The molecule has 1 aromatic heterocycles. The third-order valence-corrected chi connectivity index (χ3v) is 28.2. The van der Waals surface area contributed by atoms with Crippen LogP contribution in [-0.2, 0) is 29.5 Å². The Morgan fingerprint density at radius 3 is 1.69 bits per heavy atom. The highest BCUT2D eigenvalue weighted by atomic mass is 35.5. The molecule has 6 aliphatic rings. The number of carbonyl (C=O) groups is 2. The molecule has 0 spiro atoms. The summed E-state index contributed by atoms with van der Waals surface area (Å²) >= 11 is 14.1. The third kappa shape index (κ3) is 23.3. The van der Waals surface area contributed by atoms with Crippen molar-refractivity contribution in [2.75, 3.05) is 144 Å². The number of fused-ring (bicyclic) bond motifs is 1. The number of nitrogens with one attached hydrogen (secondary N) is 5. The fourth-order valence-corrected chi connectivity index (χ4v) is 20.2. The molecule has 25 nitrogen and oxygen atoms in total. The van der Waals surface area contributed by atoms with Crippen LogP contribution >= 0.6 is 35.0 Å². The van der Waals surface area contributed by atoms with Crippen LogP contribution in [0.2, 0.25) is 10.0 Å². The molecule has 122 heavy (non-hydrogen) atoms. The van der Waals surface area contributed by atoms with E-state index in [0.717, 1.165) is 186 Å². The van der Waals surface area contributed by atoms with Gasteiger partial charge in [0, 0.05) is 184 Å². The van der Waals surface area contributed by atoms with E-state index in [9.17, 15) is 46.7 Å². The van der Waals surface area contributed by atoms with Gasteiger partial charge in [-0.2, -0.15) is 0 Å². The first kappa shape index (κ1) is 88.5. The molecule has 0 bridgehead atoms. The number of aromatic amines is 1. The van der Waals surface area contributed by atoms with Crippen molar-refractivity contribution in [2.24, 2.45) is 16.7 Å². The Kier molecular flexibility index (Phi) is 28.8. The number of benzene rings is 8. The average molecular weight is 1760 g/mol. The number of allylic oxidation sites excluding steroid dienone is 2. The van der Waals surface area contributed by atoms with E-state index < -0.39 is 52.3 Å². The predicted octanol–water partition coefficient (Wildman–Crippen LogP) is 17.7. The van der Waals surface area contributed by atoms with Crippen LogP contribution in [0.1, 0.15) is 117 Å². The number of nitro benzene ring substituents is 2. The van der Waals surface area contributed by atoms with Crippen molar-refractivity contribution >= 4 is 123 Å². The van der Waals surface area contributed by atoms with Crippen molar-refractivity contribution in [1.82, 2.24) is 29.1 Å². The molecule has 9 aromatic rings. The first-order valence-corrected chi connectivity index (χ1v) is 46.5. The molecule has 644 valence electrons. The van der Waals surface area contributed by atoms with E-state index in [-0.39, 0.29) is 61.6 Å². The van der Waals surface area contributed by atoms with Gasteiger partial charge in [-0.05, 0) is 218 Å². The molecular formula is C92H106Cl2N12O13S3. The molecule has 30 heteroatoms. The van der Waals surface area contributed by atoms with Crippen LogP contribution in [0.15, 0.2) is 214 Å². The van der Waals surface area contributed by atoms with E-state index in [2.05, 4.69) is 102 Å². The number of morpholine rings is 1. The van der Waals surface area contributed by atoms with E-state index >= 15 is 0 Å². The van der Waals surface area contributed by atoms with Gasteiger partial charge < -0.3 is 39.6 Å². The number of nitrogens with zero attached hydrogens (tertiary/aromatic N) is 7. The summed E-state index contributed by atoms with van der Waals surface area (Å²) in [6.45, 7) is 23.3. The van der Waals surface area contributed by atoms with Gasteiger partial charge >= 0.3 is 0 Å². The van der Waals surface area contributed by atoms with Crippen LogP contribution in [0.5, 0.6) is 11.5 Å². The first-order chi connectivity index (χ1) is 58.6. The molecule has 5 heterocycles. The lowest BCUT2D eigenvalue weighted by molar-refractivity contribution is -0.384. The standard InChI is InChI=1S/C46H51ClN6O7S.C46H55ClN6O6S2/c1-46(2)17-13-39(32-3-5-35(47)6-4-32)34(28-46)30-51-19-21-52(22-20-51)36-7-10-40(44(26-36)60-37-8-11-41-33(25-37)14-18-48-41)45(54)50-61(57,58)38-9-12-42(43(27-38)53(55)56)49-29-31-15-23-59-24-16-31;1-46(2)20-18-42(34-8-12-37(47)13-9-34)36(31-46)32-51-22-24-52(25-23-51)39-14-10-35(11-15-39)45(54)49-61(57,58)41-16-17-43(44(30-41)53(55)56)48-38(19-21-50-26-28-59-29-27-50)33-60-40-6-4-3-5-7-40/h3-12,14,18,25-27,31,48-49H,13,15-17,19-24,28-30H2,1-2H3,(H,50,54);3-17,30,38,48H,18-29,31-33H2,1-2H3,(H,49,54)/t;38-/m.1/s1. The second-order valence-electron chi connectivity index (χ2n) is 33.8. The monoisotopic (exact) mass is 1750 g/mol. The van der Waals surface area contributed by atoms with Gasteiger partial charge in [-0.15, -0.1) is 11.8 Å². The van der Waals surface area contributed by atoms with Crippen molar-refractivity contribution in [2.45, 2.75) is 106 Å². The Hall–Kier alpha value is -9.85. The number of carbonyl (C=O) groups excluding carboxylic acids is 2. The Morgan fingerprint density at radius 1 is 0.582 bits per heavy atom. The summed E-state index contributed by atoms with van der Waals surface area (Å²) in [5.74, 6) is -0.199. The number of hydrogen-bond donors (Lipinski definition) is 5. The van der Waals surface area contributed by atoms with Crippen molar-refractivity contribution in [1.29, 1.82) is 0 Å². The number of hydrogen-bond acceptors (Lipinski definition) is 21. The minimum Gasteiger partial charge on any atom is -0.456 e. The highest BCUT2D eigenvalue weighted by Gasteiger charge is 2.35. The van der Waals surface area contributed by atoms with E-state index in [1.165, 1.54) is 57.7 Å². The van der Waals surface area contributed by atoms with Crippen LogP contribution in [0.3, 0.4) is 0 Å². The van der Waals surface area contributed by atoms with Crippen molar-refractivity contribution < 1.29 is 50.5 Å². The van der Waals surface area contributed by atoms with Gasteiger partial charge in [0.15, 0.2) is 0 Å². The number of halogens is 2. The van der Waals surface area contributed by atoms with Crippen LogP contribution in [0, 0.1) is 37.0 Å². The number of thioether (sulfide) groups is 1. The molecule has 0 unspecified atom stereocenters. The Balaban J connectivity index is 0.000000199. The van der Waals surface area contributed by atoms with E-state index in [0.29, 0.717) is 50.9 Å². The van der Waals surface area contributed by atoms with Crippen molar-refractivity contribution in [3.8, 4) is 11.5 Å². The molecule has 4 fully saturated rings. The quantitative estimate of drug-likeness (QED) is 0.0165. The Bertz CT molecular complexity index is 5520. The molecule has 15 rings (SSSR count). The van der Waals surface area contributed by atoms with Crippen LogP contribution in [-0.4, -0.2) is 188 Å². The maximum absolute atomic E-state index is 13.9. The second kappa shape index (κ2) is 39.8. The van der Waals surface area contributed by atoms with Gasteiger partial charge in [-0.3, -0.25) is 44.5 Å². The number of rotatable bonds is 29.